The highest BCUT2D eigenvalue weighted by atomic mass is 31.2. The van der Waals surface area contributed by atoms with Gasteiger partial charge in [0.05, 0.1) is 6.61 Å². The van der Waals surface area contributed by atoms with Crippen LogP contribution in [0.15, 0.2) is 58.3 Å². The molecule has 1 unspecified atom stereocenters. The Kier molecular flexibility index (Phi) is 8.04. The van der Waals surface area contributed by atoms with E-state index in [0.717, 1.165) is 0 Å². The zero-order chi connectivity index (χ0) is 24.0. The van der Waals surface area contributed by atoms with Crippen LogP contribution in [0, 0.1) is 6.92 Å². The number of aryl methyl sites for hydroxylation is 1. The van der Waals surface area contributed by atoms with Crippen LogP contribution in [0.5, 0.6) is 5.75 Å². The van der Waals surface area contributed by atoms with Crippen LogP contribution in [0.2, 0.25) is 0 Å². The number of H-pyrrole nitrogens is 1. The van der Waals surface area contributed by atoms with Crippen molar-refractivity contribution in [3.63, 3.8) is 0 Å². The van der Waals surface area contributed by atoms with E-state index in [1.165, 1.54) is 17.7 Å². The molecule has 11 nitrogen and oxygen atoms in total. The summed E-state index contributed by atoms with van der Waals surface area (Å²) in [6.45, 7) is 4.92. The Labute approximate surface area is 189 Å². The van der Waals surface area contributed by atoms with Gasteiger partial charge in [-0.3, -0.25) is 23.7 Å². The van der Waals surface area contributed by atoms with Crippen molar-refractivity contribution in [2.24, 2.45) is 0 Å². The van der Waals surface area contributed by atoms with Gasteiger partial charge in [0.1, 0.15) is 11.8 Å². The third-order valence-corrected chi connectivity index (χ3v) is 6.34. The number of nitrogens with one attached hydrogen (secondary N) is 2. The number of aromatic nitrogens is 2. The minimum absolute atomic E-state index is 0.177. The van der Waals surface area contributed by atoms with Crippen LogP contribution in [-0.2, 0) is 23.6 Å². The summed E-state index contributed by atoms with van der Waals surface area (Å²) in [5, 5.41) is 2.68. The van der Waals surface area contributed by atoms with Crippen molar-refractivity contribution >= 4 is 13.5 Å². The number of ether oxygens (including phenoxy) is 3. The molecule has 0 aliphatic carbocycles. The van der Waals surface area contributed by atoms with Gasteiger partial charge in [-0.25, -0.2) is 9.88 Å². The van der Waals surface area contributed by atoms with Gasteiger partial charge in [0, 0.05) is 11.8 Å². The molecule has 0 radical (unpaired) electrons. The Balaban J connectivity index is 1.69. The normalized spacial score (nSPS) is 20.2. The van der Waals surface area contributed by atoms with E-state index in [0.29, 0.717) is 11.3 Å². The summed E-state index contributed by atoms with van der Waals surface area (Å²) < 4.78 is 36.6. The third-order valence-electron chi connectivity index (χ3n) is 4.56. The van der Waals surface area contributed by atoms with Crippen LogP contribution < -0.4 is 20.9 Å². The predicted octanol–water partition coefficient (Wildman–Crippen LogP) is 2.04. The maximum Gasteiger partial charge on any atom is 0.342 e. The van der Waals surface area contributed by atoms with Crippen molar-refractivity contribution < 1.29 is 28.1 Å². The lowest BCUT2D eigenvalue weighted by atomic mass is 10.3. The Hall–Kier alpha value is -2.98. The molecule has 2 aromatic rings. The lowest BCUT2D eigenvalue weighted by Crippen LogP contribution is -2.36. The molecule has 0 saturated carbocycles. The molecule has 0 amide bonds. The predicted molar refractivity (Wildman–Crippen MR) is 119 cm³/mol. The Morgan fingerprint density at radius 1 is 1.27 bits per heavy atom. The van der Waals surface area contributed by atoms with Crippen LogP contribution >= 0.6 is 7.52 Å². The summed E-state index contributed by atoms with van der Waals surface area (Å²) in [4.78, 5) is 37.9. The van der Waals surface area contributed by atoms with E-state index in [4.69, 9.17) is 18.7 Å². The van der Waals surface area contributed by atoms with Gasteiger partial charge in [-0.1, -0.05) is 18.2 Å². The van der Waals surface area contributed by atoms with Gasteiger partial charge in [-0.15, -0.1) is 0 Å². The lowest BCUT2D eigenvalue weighted by molar-refractivity contribution is -0.144. The number of carbonyl (C=O) groups excluding carboxylic acids is 1. The molecule has 12 heteroatoms. The second-order valence-electron chi connectivity index (χ2n) is 7.23. The number of benzene rings is 1. The summed E-state index contributed by atoms with van der Waals surface area (Å²) in [5.74, 6) is -0.261. The summed E-state index contributed by atoms with van der Waals surface area (Å²) in [6, 6.07) is 7.53. The zero-order valence-electron chi connectivity index (χ0n) is 18.4. The van der Waals surface area contributed by atoms with Crippen LogP contribution in [0.4, 0.5) is 0 Å². The number of carbonyl (C=O) groups is 1. The zero-order valence-corrected chi connectivity index (χ0v) is 19.3. The SMILES string of the molecule is CCOC(=O)[C@H](C)NP(=O)(CO[C@@H]1C=C[C@H](n2cc(C)c(=O)[nH]c2=O)O1)Oc1ccccc1. The van der Waals surface area contributed by atoms with Gasteiger partial charge in [0.15, 0.2) is 18.9 Å². The fourth-order valence-corrected chi connectivity index (χ4v) is 4.65. The summed E-state index contributed by atoms with van der Waals surface area (Å²) >= 11 is 0. The van der Waals surface area contributed by atoms with Crippen LogP contribution in [-0.4, -0.2) is 40.8 Å². The topological polar surface area (TPSA) is 138 Å². The minimum Gasteiger partial charge on any atom is -0.465 e. The Morgan fingerprint density at radius 2 is 2.00 bits per heavy atom. The number of rotatable bonds is 10. The van der Waals surface area contributed by atoms with Crippen LogP contribution in [0.1, 0.15) is 25.6 Å². The van der Waals surface area contributed by atoms with Crippen molar-refractivity contribution in [2.75, 3.05) is 13.0 Å². The first-order valence-electron chi connectivity index (χ1n) is 10.3. The maximum atomic E-state index is 13.5. The molecule has 178 valence electrons. The van der Waals surface area contributed by atoms with E-state index in [1.807, 2.05) is 0 Å². The highest BCUT2D eigenvalue weighted by molar-refractivity contribution is 7.57. The van der Waals surface area contributed by atoms with E-state index in [9.17, 15) is 18.9 Å². The van der Waals surface area contributed by atoms with E-state index < -0.39 is 49.6 Å². The molecule has 33 heavy (non-hydrogen) atoms. The van der Waals surface area contributed by atoms with Gasteiger partial charge < -0.3 is 18.7 Å². The lowest BCUT2D eigenvalue weighted by Gasteiger charge is -2.24. The molecule has 3 rings (SSSR count). The van der Waals surface area contributed by atoms with Gasteiger partial charge in [0.2, 0.25) is 0 Å². The van der Waals surface area contributed by atoms with Crippen molar-refractivity contribution in [3.8, 4) is 5.75 Å². The molecule has 1 aliphatic rings. The second kappa shape index (κ2) is 10.8. The van der Waals surface area contributed by atoms with Crippen LogP contribution in [0.3, 0.4) is 0 Å². The molecule has 0 saturated heterocycles. The number of hydrogen-bond acceptors (Lipinski definition) is 8. The highest BCUT2D eigenvalue weighted by Gasteiger charge is 2.33. The fourth-order valence-electron chi connectivity index (χ4n) is 2.97. The molecule has 4 atom stereocenters. The minimum atomic E-state index is -3.75. The largest absolute Gasteiger partial charge is 0.465 e. The molecule has 1 aliphatic heterocycles. The molecular formula is C21H26N3O8P. The van der Waals surface area contributed by atoms with Crippen molar-refractivity contribution in [2.45, 2.75) is 39.3 Å². The molecule has 1 aromatic carbocycles. The van der Waals surface area contributed by atoms with Crippen molar-refractivity contribution in [1.29, 1.82) is 0 Å². The summed E-state index contributed by atoms with van der Waals surface area (Å²) in [7, 11) is -3.75. The summed E-state index contributed by atoms with van der Waals surface area (Å²) in [6.07, 6.45) is 2.29. The number of para-hydroxylation sites is 1. The average molecular weight is 479 g/mol. The first kappa shape index (κ1) is 24.7. The molecule has 0 fully saturated rings. The standard InChI is InChI=1S/C21H26N3O8P/c1-4-29-20(26)15(3)23-33(28,32-16-8-6-5-7-9-16)13-30-18-11-10-17(31-18)24-12-14(2)19(25)22-21(24)27/h5-12,15,17-18H,4,13H2,1-3H3,(H,23,28)(H,22,25,27)/t15-,17+,18-,33?/m0/s1. The number of hydrogen-bond donors (Lipinski definition) is 2. The quantitative estimate of drug-likeness (QED) is 0.298. The molecule has 2 N–H and O–H groups in total. The van der Waals surface area contributed by atoms with Gasteiger partial charge in [-0.05, 0) is 45.1 Å². The molecule has 0 spiro atoms. The molecular weight excluding hydrogens is 453 g/mol. The Bertz CT molecular complexity index is 1160. The molecule has 0 bridgehead atoms. The first-order valence-corrected chi connectivity index (χ1v) is 12.1. The van der Waals surface area contributed by atoms with E-state index in [2.05, 4.69) is 10.1 Å². The molecule has 2 heterocycles. The van der Waals surface area contributed by atoms with Crippen molar-refractivity contribution in [1.82, 2.24) is 14.6 Å². The highest BCUT2D eigenvalue weighted by Crippen LogP contribution is 2.44. The van der Waals surface area contributed by atoms with Crippen LogP contribution in [0.25, 0.3) is 0 Å². The maximum absolute atomic E-state index is 13.5. The third kappa shape index (κ3) is 6.52. The average Bonchev–Trinajstić information content (AvgIpc) is 3.24. The van der Waals surface area contributed by atoms with E-state index in [1.54, 1.807) is 56.3 Å². The second-order valence-corrected chi connectivity index (χ2v) is 9.28. The van der Waals surface area contributed by atoms with Gasteiger partial charge in [-0.2, -0.15) is 0 Å². The summed E-state index contributed by atoms with van der Waals surface area (Å²) in [5.41, 5.74) is -0.774. The number of aromatic amines is 1. The molecule has 1 aromatic heterocycles. The van der Waals surface area contributed by atoms with E-state index >= 15 is 0 Å². The fraction of sp³-hybridized carbons (Fsp3) is 0.381. The Morgan fingerprint density at radius 3 is 2.70 bits per heavy atom. The van der Waals surface area contributed by atoms with Crippen molar-refractivity contribution in [3.05, 3.63) is 75.1 Å². The monoisotopic (exact) mass is 479 g/mol. The smallest absolute Gasteiger partial charge is 0.342 e. The van der Waals surface area contributed by atoms with Gasteiger partial charge in [0.25, 0.3) is 5.56 Å². The first-order chi connectivity index (χ1) is 15.7. The van der Waals surface area contributed by atoms with E-state index in [-0.39, 0.29) is 6.61 Å². The number of nitrogens with zero attached hydrogens (tertiary/aromatic N) is 1. The van der Waals surface area contributed by atoms with Gasteiger partial charge >= 0.3 is 19.2 Å². The number of esters is 1.